The molecule has 0 amide bonds. The molecule has 1 unspecified atom stereocenters. The third kappa shape index (κ3) is 2.37. The van der Waals surface area contributed by atoms with Crippen LogP contribution >= 0.6 is 11.6 Å². The first-order valence-corrected chi connectivity index (χ1v) is 5.54. The zero-order chi connectivity index (χ0) is 12.4. The molecule has 0 radical (unpaired) electrons. The number of nitrogens with two attached hydrogens (primary N) is 1. The van der Waals surface area contributed by atoms with E-state index in [2.05, 4.69) is 4.98 Å². The van der Waals surface area contributed by atoms with E-state index in [1.165, 1.54) is 0 Å². The highest BCUT2D eigenvalue weighted by Gasteiger charge is 2.23. The second-order valence-electron chi connectivity index (χ2n) is 3.74. The van der Waals surface area contributed by atoms with E-state index in [4.69, 9.17) is 17.3 Å². The van der Waals surface area contributed by atoms with Crippen LogP contribution in [0.3, 0.4) is 0 Å². The van der Waals surface area contributed by atoms with Crippen LogP contribution in [0, 0.1) is 0 Å². The second kappa shape index (κ2) is 4.94. The third-order valence-corrected chi connectivity index (χ3v) is 2.94. The Morgan fingerprint density at radius 3 is 2.65 bits per heavy atom. The number of alkyl halides is 2. The van der Waals surface area contributed by atoms with Crippen LogP contribution in [0.2, 0.25) is 5.15 Å². The fourth-order valence-electron chi connectivity index (χ4n) is 1.72. The summed E-state index contributed by atoms with van der Waals surface area (Å²) >= 11 is 5.97. The summed E-state index contributed by atoms with van der Waals surface area (Å²) < 4.78 is 25.5. The summed E-state index contributed by atoms with van der Waals surface area (Å²) in [6.45, 7) is -0.153. The predicted octanol–water partition coefficient (Wildman–Crippen LogP) is 3.20. The summed E-state index contributed by atoms with van der Waals surface area (Å²) in [5, 5.41) is 1.78. The Balaban J connectivity index is 2.56. The molecule has 1 aromatic carbocycles. The zero-order valence-electron chi connectivity index (χ0n) is 8.91. The molecule has 5 heteroatoms. The van der Waals surface area contributed by atoms with Crippen LogP contribution in [-0.4, -0.2) is 18.0 Å². The lowest BCUT2D eigenvalue weighted by Gasteiger charge is -2.14. The van der Waals surface area contributed by atoms with Crippen LogP contribution in [0.4, 0.5) is 8.78 Å². The average Bonchev–Trinajstić information content (AvgIpc) is 2.29. The molecule has 0 saturated heterocycles. The summed E-state index contributed by atoms with van der Waals surface area (Å²) in [6.07, 6.45) is -2.54. The molecule has 2 aromatic rings. The summed E-state index contributed by atoms with van der Waals surface area (Å²) in [7, 11) is 0. The zero-order valence-corrected chi connectivity index (χ0v) is 9.66. The van der Waals surface area contributed by atoms with Crippen molar-refractivity contribution in [2.24, 2.45) is 5.73 Å². The Morgan fingerprint density at radius 1 is 1.29 bits per heavy atom. The van der Waals surface area contributed by atoms with Crippen LogP contribution in [0.15, 0.2) is 30.3 Å². The molecule has 0 spiro atoms. The molecule has 90 valence electrons. The highest BCUT2D eigenvalue weighted by Crippen LogP contribution is 2.28. The molecule has 0 aliphatic carbocycles. The number of nitrogens with zero attached hydrogens (tertiary/aromatic N) is 1. The van der Waals surface area contributed by atoms with E-state index in [-0.39, 0.29) is 17.4 Å². The van der Waals surface area contributed by atoms with Crippen LogP contribution in [0.1, 0.15) is 11.6 Å². The molecule has 2 rings (SSSR count). The van der Waals surface area contributed by atoms with E-state index >= 15 is 0 Å². The van der Waals surface area contributed by atoms with Gasteiger partial charge in [-0.25, -0.2) is 13.8 Å². The van der Waals surface area contributed by atoms with Crippen molar-refractivity contribution in [2.75, 3.05) is 6.54 Å². The second-order valence-corrected chi connectivity index (χ2v) is 4.09. The summed E-state index contributed by atoms with van der Waals surface area (Å²) in [4.78, 5) is 4.00. The maximum atomic E-state index is 12.8. The predicted molar refractivity (Wildman–Crippen MR) is 64.6 cm³/mol. The van der Waals surface area contributed by atoms with Gasteiger partial charge in [0.15, 0.2) is 0 Å². The number of benzene rings is 1. The molecule has 0 fully saturated rings. The average molecular weight is 257 g/mol. The molecule has 0 bridgehead atoms. The van der Waals surface area contributed by atoms with Crippen molar-refractivity contribution >= 4 is 22.4 Å². The fourth-order valence-corrected chi connectivity index (χ4v) is 1.99. The molecule has 1 aromatic heterocycles. The number of fused-ring (bicyclic) bond motifs is 1. The number of rotatable bonds is 3. The first-order valence-electron chi connectivity index (χ1n) is 5.17. The summed E-state index contributed by atoms with van der Waals surface area (Å²) in [5.74, 6) is -1.07. The van der Waals surface area contributed by atoms with Crippen molar-refractivity contribution in [2.45, 2.75) is 12.3 Å². The quantitative estimate of drug-likeness (QED) is 0.857. The highest BCUT2D eigenvalue weighted by molar-refractivity contribution is 6.34. The Hall–Kier alpha value is -1.26. The Kier molecular flexibility index (Phi) is 3.54. The molecule has 17 heavy (non-hydrogen) atoms. The standard InChI is InChI=1S/C12H11ClF2N2/c13-11-8-4-2-1-3-7(8)5-10(17-11)9(6-16)12(14)15/h1-5,9,12H,6,16H2. The van der Waals surface area contributed by atoms with Gasteiger partial charge in [-0.3, -0.25) is 0 Å². The van der Waals surface area contributed by atoms with Crippen molar-refractivity contribution in [1.82, 2.24) is 4.98 Å². The monoisotopic (exact) mass is 256 g/mol. The minimum Gasteiger partial charge on any atom is -0.330 e. The van der Waals surface area contributed by atoms with Crippen LogP contribution < -0.4 is 5.73 Å². The van der Waals surface area contributed by atoms with Gasteiger partial charge >= 0.3 is 0 Å². The van der Waals surface area contributed by atoms with E-state index in [1.807, 2.05) is 18.2 Å². The minimum atomic E-state index is -2.54. The van der Waals surface area contributed by atoms with E-state index < -0.39 is 12.3 Å². The van der Waals surface area contributed by atoms with Crippen molar-refractivity contribution in [3.63, 3.8) is 0 Å². The number of hydrogen-bond acceptors (Lipinski definition) is 2. The number of halogens is 3. The Bertz CT molecular complexity index is 531. The molecule has 2 nitrogen and oxygen atoms in total. The molecule has 1 heterocycles. The minimum absolute atomic E-state index is 0.153. The molecular weight excluding hydrogens is 246 g/mol. The smallest absolute Gasteiger partial charge is 0.248 e. The lowest BCUT2D eigenvalue weighted by Crippen LogP contribution is -2.20. The molecule has 1 atom stereocenters. The van der Waals surface area contributed by atoms with Crippen LogP contribution in [0.25, 0.3) is 10.8 Å². The Labute approximate surface area is 102 Å². The molecular formula is C12H11ClF2N2. The van der Waals surface area contributed by atoms with Gasteiger partial charge in [-0.1, -0.05) is 35.9 Å². The topological polar surface area (TPSA) is 38.9 Å². The number of aromatic nitrogens is 1. The van der Waals surface area contributed by atoms with Gasteiger partial charge in [-0.2, -0.15) is 0 Å². The Morgan fingerprint density at radius 2 is 2.00 bits per heavy atom. The molecule has 0 saturated carbocycles. The van der Waals surface area contributed by atoms with Gasteiger partial charge in [-0.05, 0) is 11.5 Å². The van der Waals surface area contributed by atoms with Gasteiger partial charge in [0.25, 0.3) is 0 Å². The summed E-state index contributed by atoms with van der Waals surface area (Å²) in [5.41, 5.74) is 5.58. The highest BCUT2D eigenvalue weighted by atomic mass is 35.5. The van der Waals surface area contributed by atoms with E-state index in [1.54, 1.807) is 12.1 Å². The van der Waals surface area contributed by atoms with Crippen molar-refractivity contribution < 1.29 is 8.78 Å². The maximum absolute atomic E-state index is 12.8. The van der Waals surface area contributed by atoms with Crippen molar-refractivity contribution in [1.29, 1.82) is 0 Å². The molecule has 0 aliphatic rings. The van der Waals surface area contributed by atoms with Gasteiger partial charge in [0.05, 0.1) is 11.6 Å². The van der Waals surface area contributed by atoms with Crippen LogP contribution in [-0.2, 0) is 0 Å². The van der Waals surface area contributed by atoms with E-state index in [0.29, 0.717) is 0 Å². The SMILES string of the molecule is NCC(c1cc2ccccc2c(Cl)n1)C(F)F. The van der Waals surface area contributed by atoms with Gasteiger partial charge in [0, 0.05) is 11.9 Å². The number of hydrogen-bond donors (Lipinski definition) is 1. The lowest BCUT2D eigenvalue weighted by atomic mass is 10.0. The maximum Gasteiger partial charge on any atom is 0.248 e. The first-order chi connectivity index (χ1) is 8.13. The van der Waals surface area contributed by atoms with Crippen molar-refractivity contribution in [3.8, 4) is 0 Å². The normalized spacial score (nSPS) is 13.2. The van der Waals surface area contributed by atoms with Gasteiger partial charge in [0.1, 0.15) is 5.15 Å². The lowest BCUT2D eigenvalue weighted by molar-refractivity contribution is 0.115. The summed E-state index contributed by atoms with van der Waals surface area (Å²) in [6, 6.07) is 8.87. The van der Waals surface area contributed by atoms with Gasteiger partial charge in [0.2, 0.25) is 6.43 Å². The largest absolute Gasteiger partial charge is 0.330 e. The first kappa shape index (κ1) is 12.2. The van der Waals surface area contributed by atoms with Gasteiger partial charge < -0.3 is 5.73 Å². The molecule has 2 N–H and O–H groups in total. The van der Waals surface area contributed by atoms with Crippen molar-refractivity contribution in [3.05, 3.63) is 41.2 Å². The van der Waals surface area contributed by atoms with Gasteiger partial charge in [-0.15, -0.1) is 0 Å². The molecule has 0 aliphatic heterocycles. The van der Waals surface area contributed by atoms with E-state index in [9.17, 15) is 8.78 Å². The van der Waals surface area contributed by atoms with E-state index in [0.717, 1.165) is 10.8 Å². The fraction of sp³-hybridized carbons (Fsp3) is 0.250. The van der Waals surface area contributed by atoms with Crippen LogP contribution in [0.5, 0.6) is 0 Å². The third-order valence-electron chi connectivity index (χ3n) is 2.65. The number of pyridine rings is 1.